The Kier molecular flexibility index (Phi) is 6.95. The molecule has 1 aliphatic rings. The fraction of sp³-hybridized carbons (Fsp3) is 0.438. The summed E-state index contributed by atoms with van der Waals surface area (Å²) < 4.78 is 41.4. The molecule has 0 aromatic heterocycles. The molecule has 1 fully saturated rings. The Morgan fingerprint density at radius 2 is 1.82 bits per heavy atom. The number of piperidine rings is 1. The van der Waals surface area contributed by atoms with E-state index >= 15 is 0 Å². The molecule has 1 aromatic carbocycles. The molecule has 3 nitrogen and oxygen atoms in total. The number of hydrogen-bond acceptors (Lipinski definition) is 3. The Balaban J connectivity index is 0.000000745. The van der Waals surface area contributed by atoms with Crippen molar-refractivity contribution >= 4 is 11.5 Å². The van der Waals surface area contributed by atoms with Crippen molar-refractivity contribution in [3.8, 4) is 5.75 Å². The zero-order chi connectivity index (χ0) is 16.6. The Bertz CT molecular complexity index is 490. The second-order valence-electron chi connectivity index (χ2n) is 4.81. The monoisotopic (exact) mass is 315 g/mol. The first-order valence-electron chi connectivity index (χ1n) is 6.99. The Morgan fingerprint density at radius 1 is 1.27 bits per heavy atom. The highest BCUT2D eigenvalue weighted by Crippen LogP contribution is 2.31. The maximum absolute atomic E-state index is 12.2. The van der Waals surface area contributed by atoms with Crippen molar-refractivity contribution < 1.29 is 22.7 Å². The predicted molar refractivity (Wildman–Crippen MR) is 80.3 cm³/mol. The summed E-state index contributed by atoms with van der Waals surface area (Å²) in [6.45, 7) is 4.98. The van der Waals surface area contributed by atoms with Crippen molar-refractivity contribution in [1.82, 2.24) is 0 Å². The molecule has 0 N–H and O–H groups in total. The van der Waals surface area contributed by atoms with Crippen LogP contribution >= 0.6 is 0 Å². The second-order valence-corrected chi connectivity index (χ2v) is 4.81. The number of carbonyl (C=O) groups excluding carboxylic acids is 1. The molecular weight excluding hydrogens is 295 g/mol. The van der Waals surface area contributed by atoms with Crippen LogP contribution in [-0.2, 0) is 4.79 Å². The van der Waals surface area contributed by atoms with Crippen LogP contribution in [0.2, 0.25) is 0 Å². The van der Waals surface area contributed by atoms with Crippen LogP contribution in [0.15, 0.2) is 36.9 Å². The van der Waals surface area contributed by atoms with E-state index in [9.17, 15) is 18.0 Å². The summed E-state index contributed by atoms with van der Waals surface area (Å²) in [4.78, 5) is 13.1. The van der Waals surface area contributed by atoms with E-state index in [-0.39, 0.29) is 11.5 Å². The van der Waals surface area contributed by atoms with Crippen LogP contribution in [0.1, 0.15) is 19.8 Å². The van der Waals surface area contributed by atoms with Crippen LogP contribution in [-0.4, -0.2) is 31.7 Å². The molecule has 1 saturated heterocycles. The Morgan fingerprint density at radius 3 is 2.36 bits per heavy atom. The van der Waals surface area contributed by atoms with E-state index in [0.717, 1.165) is 0 Å². The number of nitrogens with zero attached hydrogens (tertiary/aromatic N) is 1. The third-order valence-electron chi connectivity index (χ3n) is 2.92. The van der Waals surface area contributed by atoms with E-state index in [1.54, 1.807) is 24.3 Å². The molecule has 0 atom stereocenters. The van der Waals surface area contributed by atoms with Gasteiger partial charge in [0, 0.05) is 25.9 Å². The summed E-state index contributed by atoms with van der Waals surface area (Å²) in [6, 6.07) is 6.59. The van der Waals surface area contributed by atoms with Gasteiger partial charge in [0.05, 0.1) is 5.69 Å². The van der Waals surface area contributed by atoms with Gasteiger partial charge in [-0.25, -0.2) is 0 Å². The number of rotatable bonds is 3. The summed E-state index contributed by atoms with van der Waals surface area (Å²) in [6.07, 6.45) is -1.76. The van der Waals surface area contributed by atoms with Gasteiger partial charge in [-0.1, -0.05) is 18.2 Å². The van der Waals surface area contributed by atoms with E-state index in [2.05, 4.69) is 6.58 Å². The molecule has 6 heteroatoms. The van der Waals surface area contributed by atoms with Gasteiger partial charge in [-0.3, -0.25) is 4.79 Å². The molecule has 0 bridgehead atoms. The molecule has 0 saturated carbocycles. The Labute approximate surface area is 128 Å². The van der Waals surface area contributed by atoms with Gasteiger partial charge >= 0.3 is 6.18 Å². The van der Waals surface area contributed by atoms with Crippen molar-refractivity contribution in [1.29, 1.82) is 0 Å². The number of ether oxygens (including phenoxy) is 1. The number of allylic oxidation sites excluding steroid dienone is 1. The average molecular weight is 315 g/mol. The first-order chi connectivity index (χ1) is 10.4. The van der Waals surface area contributed by atoms with Crippen LogP contribution in [0.5, 0.6) is 5.75 Å². The van der Waals surface area contributed by atoms with Gasteiger partial charge in [0.2, 0.25) is 0 Å². The number of carbonyl (C=O) groups is 1. The summed E-state index contributed by atoms with van der Waals surface area (Å²) in [7, 11) is 0. The van der Waals surface area contributed by atoms with E-state index in [1.165, 1.54) is 6.07 Å². The molecule has 0 radical (unpaired) electrons. The number of benzene rings is 1. The fourth-order valence-corrected chi connectivity index (χ4v) is 2.00. The number of para-hydroxylation sites is 2. The standard InChI is InChI=1S/C13H14F3NO2.C3H6/c14-13(15,16)9-19-12-4-2-1-3-11(12)17-7-5-10(18)6-8-17;1-3-2/h1-4H,5-9H2;3H,1H2,2H3. The molecule has 1 aromatic rings. The van der Waals surface area contributed by atoms with E-state index in [1.807, 2.05) is 11.8 Å². The molecule has 0 unspecified atom stereocenters. The maximum atomic E-state index is 12.2. The number of anilines is 1. The molecule has 0 aliphatic carbocycles. The largest absolute Gasteiger partial charge is 0.482 e. The van der Waals surface area contributed by atoms with Crippen molar-refractivity contribution in [2.75, 3.05) is 24.6 Å². The smallest absolute Gasteiger partial charge is 0.422 e. The number of Topliss-reactive ketones (excluding diaryl/α,β-unsaturated/α-hetero) is 1. The van der Waals surface area contributed by atoms with E-state index in [4.69, 9.17) is 4.74 Å². The quantitative estimate of drug-likeness (QED) is 0.790. The summed E-state index contributed by atoms with van der Waals surface area (Å²) in [5, 5.41) is 0. The predicted octanol–water partition coefficient (Wildman–Crippen LogP) is 3.99. The van der Waals surface area contributed by atoms with Crippen molar-refractivity contribution in [2.24, 2.45) is 0 Å². The average Bonchev–Trinajstić information content (AvgIpc) is 2.46. The lowest BCUT2D eigenvalue weighted by molar-refractivity contribution is -0.153. The van der Waals surface area contributed by atoms with E-state index in [0.29, 0.717) is 31.6 Å². The molecular formula is C16H20F3NO2. The van der Waals surface area contributed by atoms with Crippen molar-refractivity contribution in [3.05, 3.63) is 36.9 Å². The van der Waals surface area contributed by atoms with Gasteiger partial charge in [-0.05, 0) is 19.1 Å². The molecule has 1 aliphatic heterocycles. The Hall–Kier alpha value is -1.98. The van der Waals surface area contributed by atoms with Crippen LogP contribution in [0, 0.1) is 0 Å². The lowest BCUT2D eigenvalue weighted by atomic mass is 10.1. The van der Waals surface area contributed by atoms with Crippen LogP contribution in [0.25, 0.3) is 0 Å². The summed E-state index contributed by atoms with van der Waals surface area (Å²) >= 11 is 0. The molecule has 122 valence electrons. The molecule has 1 heterocycles. The van der Waals surface area contributed by atoms with Gasteiger partial charge in [-0.15, -0.1) is 6.58 Å². The molecule has 22 heavy (non-hydrogen) atoms. The van der Waals surface area contributed by atoms with Gasteiger partial charge in [0.1, 0.15) is 11.5 Å². The number of halogens is 3. The molecule has 0 amide bonds. The summed E-state index contributed by atoms with van der Waals surface area (Å²) in [5.41, 5.74) is 0.610. The van der Waals surface area contributed by atoms with Gasteiger partial charge in [0.25, 0.3) is 0 Å². The molecule has 2 rings (SSSR count). The topological polar surface area (TPSA) is 29.5 Å². The third-order valence-corrected chi connectivity index (χ3v) is 2.92. The minimum Gasteiger partial charge on any atom is -0.482 e. The second kappa shape index (κ2) is 8.46. The van der Waals surface area contributed by atoms with Gasteiger partial charge in [-0.2, -0.15) is 13.2 Å². The third kappa shape index (κ3) is 6.20. The summed E-state index contributed by atoms with van der Waals surface area (Å²) in [5.74, 6) is 0.388. The molecule has 0 spiro atoms. The normalized spacial score (nSPS) is 14.9. The minimum absolute atomic E-state index is 0.185. The number of hydrogen-bond donors (Lipinski definition) is 0. The van der Waals surface area contributed by atoms with Gasteiger partial charge < -0.3 is 9.64 Å². The fourth-order valence-electron chi connectivity index (χ4n) is 2.00. The van der Waals surface area contributed by atoms with E-state index < -0.39 is 12.8 Å². The number of ketones is 1. The lowest BCUT2D eigenvalue weighted by Gasteiger charge is -2.29. The van der Waals surface area contributed by atoms with Crippen LogP contribution in [0.3, 0.4) is 0 Å². The lowest BCUT2D eigenvalue weighted by Crippen LogP contribution is -2.34. The number of alkyl halides is 3. The zero-order valence-corrected chi connectivity index (χ0v) is 12.5. The zero-order valence-electron chi connectivity index (χ0n) is 12.5. The first-order valence-corrected chi connectivity index (χ1v) is 6.99. The highest BCUT2D eigenvalue weighted by Gasteiger charge is 2.29. The van der Waals surface area contributed by atoms with Crippen LogP contribution < -0.4 is 9.64 Å². The van der Waals surface area contributed by atoms with Gasteiger partial charge in [0.15, 0.2) is 6.61 Å². The van der Waals surface area contributed by atoms with Crippen molar-refractivity contribution in [2.45, 2.75) is 25.9 Å². The highest BCUT2D eigenvalue weighted by molar-refractivity contribution is 5.81. The minimum atomic E-state index is -4.36. The highest BCUT2D eigenvalue weighted by atomic mass is 19.4. The SMILES string of the molecule is C=CC.O=C1CCN(c2ccccc2OCC(F)(F)F)CC1. The first kappa shape index (κ1) is 18.1. The van der Waals surface area contributed by atoms with Crippen molar-refractivity contribution in [3.63, 3.8) is 0 Å². The van der Waals surface area contributed by atoms with Crippen LogP contribution in [0.4, 0.5) is 18.9 Å². The maximum Gasteiger partial charge on any atom is 0.422 e.